The third-order valence-corrected chi connectivity index (χ3v) is 6.95. The third-order valence-electron chi connectivity index (χ3n) is 5.73. The molecule has 0 rings (SSSR count). The van der Waals surface area contributed by atoms with Crippen molar-refractivity contribution in [3.63, 3.8) is 0 Å². The molecule has 0 aliphatic carbocycles. The number of aliphatic hydroxyl groups excluding tert-OH is 1. The maximum absolute atomic E-state index is 10.8. The van der Waals surface area contributed by atoms with E-state index in [1.54, 1.807) is 0 Å². The van der Waals surface area contributed by atoms with Crippen molar-refractivity contribution in [3.05, 3.63) is 0 Å². The summed E-state index contributed by atoms with van der Waals surface area (Å²) in [4.78, 5) is 0. The quantitative estimate of drug-likeness (QED) is 0.167. The molecule has 6 heteroatoms. The van der Waals surface area contributed by atoms with Gasteiger partial charge in [0.1, 0.15) is 0 Å². The van der Waals surface area contributed by atoms with Crippen LogP contribution in [0.4, 0.5) is 0 Å². The van der Waals surface area contributed by atoms with E-state index in [9.17, 15) is 18.1 Å². The summed E-state index contributed by atoms with van der Waals surface area (Å²) in [6, 6.07) is 0. The summed E-state index contributed by atoms with van der Waals surface area (Å²) in [5.41, 5.74) is 0. The van der Waals surface area contributed by atoms with Crippen molar-refractivity contribution >= 4 is 10.1 Å². The molecule has 0 saturated heterocycles. The fourth-order valence-corrected chi connectivity index (χ4v) is 4.12. The van der Waals surface area contributed by atoms with Crippen molar-refractivity contribution in [1.29, 1.82) is 0 Å². The van der Waals surface area contributed by atoms with Gasteiger partial charge in [0.05, 0.1) is 16.2 Å². The molecule has 2 unspecified atom stereocenters. The molecule has 0 radical (unpaired) electrons. The van der Waals surface area contributed by atoms with Crippen LogP contribution in [0.25, 0.3) is 0 Å². The molecular formula is C23H47NaO4S. The molecule has 0 aliphatic heterocycles. The SMILES string of the molecule is CC(O)CCCCCCCCCCCCCCCCCCCC(C)S(=O)(=O)[O-].[Na+]. The molecular weight excluding hydrogens is 395 g/mol. The monoisotopic (exact) mass is 442 g/mol. The fourth-order valence-electron chi connectivity index (χ4n) is 3.67. The van der Waals surface area contributed by atoms with Crippen LogP contribution in [0.5, 0.6) is 0 Å². The van der Waals surface area contributed by atoms with Gasteiger partial charge in [0.15, 0.2) is 0 Å². The van der Waals surface area contributed by atoms with E-state index >= 15 is 0 Å². The first-order valence-corrected chi connectivity index (χ1v) is 13.4. The first kappa shape index (κ1) is 32.1. The van der Waals surface area contributed by atoms with Gasteiger partial charge in [-0.15, -0.1) is 0 Å². The summed E-state index contributed by atoms with van der Waals surface area (Å²) in [5, 5.41) is 8.47. The predicted octanol–water partition coefficient (Wildman–Crippen LogP) is 3.72. The molecule has 2 atom stereocenters. The summed E-state index contributed by atoms with van der Waals surface area (Å²) in [6.45, 7) is 3.39. The van der Waals surface area contributed by atoms with Crippen LogP contribution < -0.4 is 29.6 Å². The summed E-state index contributed by atoms with van der Waals surface area (Å²) in [5.74, 6) is 0. The van der Waals surface area contributed by atoms with E-state index in [1.165, 1.54) is 96.8 Å². The van der Waals surface area contributed by atoms with Crippen LogP contribution >= 0.6 is 0 Å². The molecule has 0 saturated carbocycles. The second-order valence-corrected chi connectivity index (χ2v) is 10.5. The van der Waals surface area contributed by atoms with Gasteiger partial charge in [0, 0.05) is 5.25 Å². The molecule has 0 amide bonds. The number of hydrogen-bond donors (Lipinski definition) is 1. The second-order valence-electron chi connectivity index (χ2n) is 8.74. The summed E-state index contributed by atoms with van der Waals surface area (Å²) in [6.07, 6.45) is 22.9. The van der Waals surface area contributed by atoms with Crippen LogP contribution in [0.15, 0.2) is 0 Å². The van der Waals surface area contributed by atoms with Crippen LogP contribution in [-0.2, 0) is 10.1 Å². The third kappa shape index (κ3) is 25.0. The maximum atomic E-state index is 10.8. The molecule has 0 aliphatic rings. The van der Waals surface area contributed by atoms with Crippen molar-refractivity contribution in [3.8, 4) is 0 Å². The van der Waals surface area contributed by atoms with Gasteiger partial charge in [0.25, 0.3) is 0 Å². The number of rotatable bonds is 21. The Morgan fingerprint density at radius 1 is 0.586 bits per heavy atom. The topological polar surface area (TPSA) is 77.4 Å². The zero-order valence-corrected chi connectivity index (χ0v) is 22.5. The second kappa shape index (κ2) is 22.1. The first-order chi connectivity index (χ1) is 13.3. The molecule has 4 nitrogen and oxygen atoms in total. The zero-order valence-electron chi connectivity index (χ0n) is 19.7. The summed E-state index contributed by atoms with van der Waals surface area (Å²) < 4.78 is 32.4. The molecule has 0 spiro atoms. The molecule has 0 aromatic heterocycles. The Kier molecular flexibility index (Phi) is 24.4. The van der Waals surface area contributed by atoms with Gasteiger partial charge >= 0.3 is 29.6 Å². The van der Waals surface area contributed by atoms with E-state index in [0.717, 1.165) is 25.7 Å². The largest absolute Gasteiger partial charge is 1.00 e. The molecule has 0 fully saturated rings. The Hall–Kier alpha value is 0.870. The van der Waals surface area contributed by atoms with Crippen molar-refractivity contribution in [1.82, 2.24) is 0 Å². The minimum atomic E-state index is -4.09. The van der Waals surface area contributed by atoms with E-state index in [2.05, 4.69) is 0 Å². The molecule has 0 heterocycles. The van der Waals surface area contributed by atoms with Gasteiger partial charge in [0.2, 0.25) is 0 Å². The number of hydrogen-bond acceptors (Lipinski definition) is 4. The van der Waals surface area contributed by atoms with Gasteiger partial charge in [-0.2, -0.15) is 0 Å². The molecule has 29 heavy (non-hydrogen) atoms. The van der Waals surface area contributed by atoms with E-state index in [4.69, 9.17) is 0 Å². The van der Waals surface area contributed by atoms with Crippen LogP contribution in [0.2, 0.25) is 0 Å². The predicted molar refractivity (Wildman–Crippen MR) is 119 cm³/mol. The molecule has 0 aromatic carbocycles. The van der Waals surface area contributed by atoms with Crippen molar-refractivity contribution < 1.29 is 47.6 Å². The molecule has 0 aromatic rings. The summed E-state index contributed by atoms with van der Waals surface area (Å²) >= 11 is 0. The Balaban J connectivity index is 0. The summed E-state index contributed by atoms with van der Waals surface area (Å²) in [7, 11) is -4.09. The van der Waals surface area contributed by atoms with Crippen molar-refractivity contribution in [2.75, 3.05) is 0 Å². The van der Waals surface area contributed by atoms with Crippen molar-refractivity contribution in [2.45, 2.75) is 147 Å². The minimum absolute atomic E-state index is 0. The van der Waals surface area contributed by atoms with Crippen LogP contribution in [-0.4, -0.2) is 29.4 Å². The maximum Gasteiger partial charge on any atom is 1.00 e. The standard InChI is InChI=1S/C23H48O4S.Na/c1-22(24)20-18-16-14-12-10-8-6-4-3-5-7-9-11-13-15-17-19-21-23(2)28(25,26)27;/h22-24H,3-21H2,1-2H3,(H,25,26,27);/q;+1/p-1. The van der Waals surface area contributed by atoms with Gasteiger partial charge in [-0.1, -0.05) is 109 Å². The van der Waals surface area contributed by atoms with Crippen molar-refractivity contribution in [2.24, 2.45) is 0 Å². The van der Waals surface area contributed by atoms with Crippen LogP contribution in [0.1, 0.15) is 136 Å². The van der Waals surface area contributed by atoms with E-state index in [0.29, 0.717) is 6.42 Å². The Labute approximate surface area is 204 Å². The first-order valence-electron chi connectivity index (χ1n) is 12.0. The zero-order chi connectivity index (χ0) is 21.1. The molecule has 170 valence electrons. The van der Waals surface area contributed by atoms with Gasteiger partial charge in [-0.05, 0) is 26.7 Å². The minimum Gasteiger partial charge on any atom is -0.748 e. The van der Waals surface area contributed by atoms with Gasteiger partial charge < -0.3 is 9.66 Å². The molecule has 0 bridgehead atoms. The average molecular weight is 443 g/mol. The Morgan fingerprint density at radius 3 is 1.07 bits per heavy atom. The normalized spacial score (nSPS) is 13.8. The van der Waals surface area contributed by atoms with Crippen LogP contribution in [0, 0.1) is 0 Å². The van der Waals surface area contributed by atoms with E-state index < -0.39 is 15.4 Å². The number of aliphatic hydroxyl groups is 1. The van der Waals surface area contributed by atoms with E-state index in [-0.39, 0.29) is 35.7 Å². The molecule has 1 N–H and O–H groups in total. The van der Waals surface area contributed by atoms with Crippen LogP contribution in [0.3, 0.4) is 0 Å². The van der Waals surface area contributed by atoms with Gasteiger partial charge in [-0.3, -0.25) is 0 Å². The Morgan fingerprint density at radius 2 is 0.828 bits per heavy atom. The average Bonchev–Trinajstić information content (AvgIpc) is 2.62. The Bertz CT molecular complexity index is 427. The smallest absolute Gasteiger partial charge is 0.748 e. The fraction of sp³-hybridized carbons (Fsp3) is 1.00. The van der Waals surface area contributed by atoms with E-state index in [1.807, 2.05) is 6.92 Å². The van der Waals surface area contributed by atoms with Gasteiger partial charge in [-0.25, -0.2) is 8.42 Å². The number of unbranched alkanes of at least 4 members (excludes halogenated alkanes) is 16.